The fourth-order valence-corrected chi connectivity index (χ4v) is 3.90. The summed E-state index contributed by atoms with van der Waals surface area (Å²) in [6, 6.07) is 13.0. The molecule has 0 heterocycles. The maximum atomic E-state index is 12.7. The zero-order valence-electron chi connectivity index (χ0n) is 15.6. The highest BCUT2D eigenvalue weighted by Gasteiger charge is 2.21. The summed E-state index contributed by atoms with van der Waals surface area (Å²) >= 11 is 5.82. The number of hydrogen-bond donors (Lipinski definition) is 1. The molecule has 0 spiro atoms. The maximum absolute atomic E-state index is 12.7. The Kier molecular flexibility index (Phi) is 7.68. The number of benzene rings is 2. The molecule has 0 bridgehead atoms. The highest BCUT2D eigenvalue weighted by molar-refractivity contribution is 7.92. The van der Waals surface area contributed by atoms with Gasteiger partial charge >= 0.3 is 0 Å². The van der Waals surface area contributed by atoms with E-state index in [0.717, 1.165) is 24.8 Å². The molecule has 0 saturated heterocycles. The van der Waals surface area contributed by atoms with Crippen LogP contribution in [0.3, 0.4) is 0 Å². The maximum Gasteiger partial charge on any atom is 0.264 e. The van der Waals surface area contributed by atoms with E-state index in [2.05, 4.69) is 12.2 Å². The molecule has 0 saturated carbocycles. The largest absolute Gasteiger partial charge is 0.356 e. The standard InChI is InChI=1S/C20H25ClN2O3S/c1-3-4-5-14-22-20(24)15-16-6-10-18(11-7-16)23(2)27(25,26)19-12-8-17(21)9-13-19/h6-13H,3-5,14-15H2,1-2H3,(H,22,24). The van der Waals surface area contributed by atoms with Crippen molar-refractivity contribution >= 4 is 33.2 Å². The molecule has 146 valence electrons. The highest BCUT2D eigenvalue weighted by atomic mass is 35.5. The predicted molar refractivity (Wildman–Crippen MR) is 110 cm³/mol. The summed E-state index contributed by atoms with van der Waals surface area (Å²) in [6.07, 6.45) is 3.47. The number of carbonyl (C=O) groups excluding carboxylic acids is 1. The lowest BCUT2D eigenvalue weighted by Crippen LogP contribution is -2.27. The van der Waals surface area contributed by atoms with Gasteiger partial charge in [-0.15, -0.1) is 0 Å². The number of nitrogens with zero attached hydrogens (tertiary/aromatic N) is 1. The van der Waals surface area contributed by atoms with Crippen LogP contribution in [0.15, 0.2) is 53.4 Å². The first-order valence-electron chi connectivity index (χ1n) is 8.94. The number of rotatable bonds is 9. The van der Waals surface area contributed by atoms with E-state index in [1.54, 1.807) is 36.4 Å². The Morgan fingerprint density at radius 3 is 2.26 bits per heavy atom. The Hall–Kier alpha value is -2.05. The molecule has 27 heavy (non-hydrogen) atoms. The van der Waals surface area contributed by atoms with Gasteiger partial charge in [0.25, 0.3) is 10.0 Å². The Labute approximate surface area is 166 Å². The summed E-state index contributed by atoms with van der Waals surface area (Å²) in [4.78, 5) is 12.1. The van der Waals surface area contributed by atoms with Gasteiger partial charge in [0.1, 0.15) is 0 Å². The fourth-order valence-electron chi connectivity index (χ4n) is 2.58. The van der Waals surface area contributed by atoms with E-state index in [9.17, 15) is 13.2 Å². The average molecular weight is 409 g/mol. The third-order valence-corrected chi connectivity index (χ3v) is 6.29. The molecule has 0 aromatic heterocycles. The molecule has 7 heteroatoms. The minimum Gasteiger partial charge on any atom is -0.356 e. The van der Waals surface area contributed by atoms with Gasteiger partial charge in [-0.3, -0.25) is 9.10 Å². The number of hydrogen-bond acceptors (Lipinski definition) is 3. The molecule has 2 rings (SSSR count). The second kappa shape index (κ2) is 9.76. The van der Waals surface area contributed by atoms with Crippen LogP contribution in [0.1, 0.15) is 31.7 Å². The van der Waals surface area contributed by atoms with Crippen molar-refractivity contribution in [2.24, 2.45) is 0 Å². The quantitative estimate of drug-likeness (QED) is 0.637. The SMILES string of the molecule is CCCCCNC(=O)Cc1ccc(N(C)S(=O)(=O)c2ccc(Cl)cc2)cc1. The first-order chi connectivity index (χ1) is 12.8. The topological polar surface area (TPSA) is 66.5 Å². The lowest BCUT2D eigenvalue weighted by Gasteiger charge is -2.20. The normalized spacial score (nSPS) is 11.2. The van der Waals surface area contributed by atoms with Gasteiger partial charge in [-0.1, -0.05) is 43.5 Å². The Morgan fingerprint density at radius 1 is 1.04 bits per heavy atom. The summed E-state index contributed by atoms with van der Waals surface area (Å²) < 4.78 is 26.6. The highest BCUT2D eigenvalue weighted by Crippen LogP contribution is 2.23. The molecule has 1 amide bonds. The predicted octanol–water partition coefficient (Wildman–Crippen LogP) is 4.01. The molecular weight excluding hydrogens is 384 g/mol. The van der Waals surface area contributed by atoms with Crippen molar-refractivity contribution in [3.05, 3.63) is 59.1 Å². The van der Waals surface area contributed by atoms with E-state index in [-0.39, 0.29) is 17.2 Å². The second-order valence-corrected chi connectivity index (χ2v) is 8.73. The number of carbonyl (C=O) groups is 1. The molecule has 0 unspecified atom stereocenters. The van der Waals surface area contributed by atoms with Crippen LogP contribution in [0.25, 0.3) is 0 Å². The second-order valence-electron chi connectivity index (χ2n) is 6.33. The molecule has 1 N–H and O–H groups in total. The summed E-state index contributed by atoms with van der Waals surface area (Å²) in [5.74, 6) is -0.0269. The molecule has 0 atom stereocenters. The third kappa shape index (κ3) is 5.97. The Morgan fingerprint density at radius 2 is 1.67 bits per heavy atom. The number of anilines is 1. The monoisotopic (exact) mass is 408 g/mol. The molecule has 0 aliphatic heterocycles. The lowest BCUT2D eigenvalue weighted by molar-refractivity contribution is -0.120. The Bertz CT molecular complexity index is 850. The van der Waals surface area contributed by atoms with Crippen molar-refractivity contribution in [3.8, 4) is 0 Å². The van der Waals surface area contributed by atoms with Crippen LogP contribution >= 0.6 is 11.6 Å². The molecule has 2 aromatic carbocycles. The summed E-state index contributed by atoms with van der Waals surface area (Å²) in [7, 11) is -2.17. The van der Waals surface area contributed by atoms with Gasteiger partial charge < -0.3 is 5.32 Å². The van der Waals surface area contributed by atoms with E-state index >= 15 is 0 Å². The molecule has 2 aromatic rings. The van der Waals surface area contributed by atoms with Gasteiger partial charge in [0, 0.05) is 18.6 Å². The van der Waals surface area contributed by atoms with Gasteiger partial charge in [-0.05, 0) is 48.4 Å². The number of sulfonamides is 1. The van der Waals surface area contributed by atoms with Crippen LogP contribution in [0.2, 0.25) is 5.02 Å². The number of amides is 1. The van der Waals surface area contributed by atoms with Gasteiger partial charge in [0.05, 0.1) is 17.0 Å². The molecule has 5 nitrogen and oxygen atoms in total. The van der Waals surface area contributed by atoms with E-state index in [1.165, 1.54) is 23.5 Å². The number of halogens is 1. The minimum absolute atomic E-state index is 0.0269. The summed E-state index contributed by atoms with van der Waals surface area (Å²) in [5, 5.41) is 3.38. The zero-order valence-corrected chi connectivity index (χ0v) is 17.2. The molecule has 0 aliphatic rings. The average Bonchev–Trinajstić information content (AvgIpc) is 2.65. The third-order valence-electron chi connectivity index (χ3n) is 4.24. The smallest absolute Gasteiger partial charge is 0.264 e. The van der Waals surface area contributed by atoms with Crippen molar-refractivity contribution in [2.45, 2.75) is 37.5 Å². The van der Waals surface area contributed by atoms with E-state index < -0.39 is 10.0 Å². The molecule has 0 fully saturated rings. The number of nitrogens with one attached hydrogen (secondary N) is 1. The number of unbranched alkanes of at least 4 members (excludes halogenated alkanes) is 2. The van der Waals surface area contributed by atoms with Crippen LogP contribution < -0.4 is 9.62 Å². The zero-order chi connectivity index (χ0) is 19.9. The van der Waals surface area contributed by atoms with E-state index in [1.807, 2.05) is 0 Å². The lowest BCUT2D eigenvalue weighted by atomic mass is 10.1. The van der Waals surface area contributed by atoms with Crippen LogP contribution in [-0.2, 0) is 21.2 Å². The molecular formula is C20H25ClN2O3S. The van der Waals surface area contributed by atoms with Gasteiger partial charge in [-0.25, -0.2) is 8.42 Å². The van der Waals surface area contributed by atoms with E-state index in [4.69, 9.17) is 11.6 Å². The molecule has 0 radical (unpaired) electrons. The van der Waals surface area contributed by atoms with Crippen LogP contribution in [-0.4, -0.2) is 27.9 Å². The van der Waals surface area contributed by atoms with Crippen molar-refractivity contribution in [1.82, 2.24) is 5.32 Å². The first-order valence-corrected chi connectivity index (χ1v) is 10.8. The van der Waals surface area contributed by atoms with Gasteiger partial charge in [0.15, 0.2) is 0 Å². The van der Waals surface area contributed by atoms with Crippen molar-refractivity contribution in [1.29, 1.82) is 0 Å². The van der Waals surface area contributed by atoms with Gasteiger partial charge in [0.2, 0.25) is 5.91 Å². The van der Waals surface area contributed by atoms with Crippen molar-refractivity contribution in [3.63, 3.8) is 0 Å². The van der Waals surface area contributed by atoms with Crippen molar-refractivity contribution in [2.75, 3.05) is 17.9 Å². The van der Waals surface area contributed by atoms with Gasteiger partial charge in [-0.2, -0.15) is 0 Å². The fraction of sp³-hybridized carbons (Fsp3) is 0.350. The molecule has 0 aliphatic carbocycles. The van der Waals surface area contributed by atoms with Crippen LogP contribution in [0.5, 0.6) is 0 Å². The van der Waals surface area contributed by atoms with Crippen LogP contribution in [0, 0.1) is 0 Å². The summed E-state index contributed by atoms with van der Waals surface area (Å²) in [6.45, 7) is 2.81. The van der Waals surface area contributed by atoms with E-state index in [0.29, 0.717) is 17.3 Å². The first kappa shape index (κ1) is 21.3. The van der Waals surface area contributed by atoms with Crippen molar-refractivity contribution < 1.29 is 13.2 Å². The minimum atomic E-state index is -3.67. The summed E-state index contributed by atoms with van der Waals surface area (Å²) in [5.41, 5.74) is 1.36. The van der Waals surface area contributed by atoms with Crippen LogP contribution in [0.4, 0.5) is 5.69 Å². The Balaban J connectivity index is 2.01.